The number of carbonyl (C=O) groups excluding carboxylic acids is 1. The fraction of sp³-hybridized carbons (Fsp3) is 0.261. The van der Waals surface area contributed by atoms with Crippen LogP contribution in [0.1, 0.15) is 16.7 Å². The number of aryl methyl sites for hydroxylation is 2. The largest absolute Gasteiger partial charge is 0.352 e. The van der Waals surface area contributed by atoms with E-state index in [0.29, 0.717) is 24.5 Å². The zero-order valence-corrected chi connectivity index (χ0v) is 18.6. The third-order valence-electron chi connectivity index (χ3n) is 5.49. The summed E-state index contributed by atoms with van der Waals surface area (Å²) in [5.41, 5.74) is 4.25. The first kappa shape index (κ1) is 20.4. The molecule has 0 saturated carbocycles. The van der Waals surface area contributed by atoms with Gasteiger partial charge >= 0.3 is 5.69 Å². The molecule has 4 aromatic rings. The van der Waals surface area contributed by atoms with E-state index < -0.39 is 6.04 Å². The number of nitrogens with one attached hydrogen (secondary N) is 1. The highest BCUT2D eigenvalue weighted by atomic mass is 32.2. The minimum absolute atomic E-state index is 0.143. The number of hydrogen-bond donors (Lipinski definition) is 1. The molecule has 1 aromatic carbocycles. The van der Waals surface area contributed by atoms with Crippen molar-refractivity contribution >= 4 is 39.3 Å². The number of aliphatic imine (C=N–C) groups is 1. The van der Waals surface area contributed by atoms with Crippen LogP contribution in [0.4, 0.5) is 0 Å². The van der Waals surface area contributed by atoms with Crippen molar-refractivity contribution in [2.24, 2.45) is 4.99 Å². The first-order valence-corrected chi connectivity index (χ1v) is 11.4. The number of hydrogen-bond acceptors (Lipinski definition) is 6. The smallest absolute Gasteiger partial charge is 0.350 e. The van der Waals surface area contributed by atoms with Crippen LogP contribution in [0.15, 0.2) is 58.6 Å². The summed E-state index contributed by atoms with van der Waals surface area (Å²) in [4.78, 5) is 34.2. The van der Waals surface area contributed by atoms with Gasteiger partial charge in [-0.05, 0) is 54.6 Å². The lowest BCUT2D eigenvalue weighted by atomic mass is 10.1. The minimum atomic E-state index is -0.435. The van der Waals surface area contributed by atoms with E-state index in [0.717, 1.165) is 32.6 Å². The molecule has 1 aliphatic rings. The highest BCUT2D eigenvalue weighted by Crippen LogP contribution is 2.23. The van der Waals surface area contributed by atoms with Crippen LogP contribution >= 0.6 is 11.8 Å². The van der Waals surface area contributed by atoms with Gasteiger partial charge in [0.25, 0.3) is 0 Å². The number of benzene rings is 1. The van der Waals surface area contributed by atoms with Crippen LogP contribution in [0, 0.1) is 13.8 Å². The number of aromatic nitrogens is 4. The van der Waals surface area contributed by atoms with Crippen molar-refractivity contribution in [1.82, 2.24) is 24.5 Å². The number of amides is 1. The van der Waals surface area contributed by atoms with E-state index >= 15 is 0 Å². The van der Waals surface area contributed by atoms with Crippen molar-refractivity contribution in [2.45, 2.75) is 26.4 Å². The summed E-state index contributed by atoms with van der Waals surface area (Å²) in [6, 6.07) is 11.4. The van der Waals surface area contributed by atoms with Crippen molar-refractivity contribution < 1.29 is 4.79 Å². The van der Waals surface area contributed by atoms with Gasteiger partial charge in [0.15, 0.2) is 5.65 Å². The Kier molecular flexibility index (Phi) is 5.26. The predicted molar refractivity (Wildman–Crippen MR) is 126 cm³/mol. The van der Waals surface area contributed by atoms with Gasteiger partial charge in [-0.2, -0.15) is 0 Å². The molecule has 5 rings (SSSR count). The quantitative estimate of drug-likeness (QED) is 0.508. The average Bonchev–Trinajstić information content (AvgIpc) is 3.41. The summed E-state index contributed by atoms with van der Waals surface area (Å²) in [5.74, 6) is 0.457. The van der Waals surface area contributed by atoms with Crippen LogP contribution in [0.25, 0.3) is 16.6 Å². The molecule has 32 heavy (non-hydrogen) atoms. The highest BCUT2D eigenvalue weighted by Gasteiger charge is 2.25. The van der Waals surface area contributed by atoms with Crippen molar-refractivity contribution in [3.8, 4) is 0 Å². The maximum atomic E-state index is 13.1. The van der Waals surface area contributed by atoms with Crippen molar-refractivity contribution in [3.05, 3.63) is 76.0 Å². The number of nitrogens with zero attached hydrogens (tertiary/aromatic N) is 5. The van der Waals surface area contributed by atoms with Crippen LogP contribution in [-0.2, 0) is 11.3 Å². The fourth-order valence-corrected chi connectivity index (χ4v) is 4.90. The van der Waals surface area contributed by atoms with Crippen molar-refractivity contribution in [2.75, 3.05) is 12.3 Å². The minimum Gasteiger partial charge on any atom is -0.352 e. The Hall–Kier alpha value is -3.46. The molecule has 1 atom stereocenters. The molecule has 162 valence electrons. The normalized spacial score (nSPS) is 15.9. The topological polar surface area (TPSA) is 93.7 Å². The fourth-order valence-electron chi connectivity index (χ4n) is 3.86. The molecule has 0 fully saturated rings. The Balaban J connectivity index is 1.31. The van der Waals surface area contributed by atoms with E-state index in [1.165, 1.54) is 4.68 Å². The standard InChI is InChI=1S/C23H22N6O2S/c1-14-3-4-17-12-15(2)20-27-28(23(31)29(20)19(17)11-14)10-9-25-21(30)18-13-32-22(26-18)16-5-7-24-8-6-16/h3-8,11-12,18H,9-10,13H2,1-2H3,(H,25,30)/t18-/m1/s1. The molecule has 0 spiro atoms. The molecule has 3 aromatic heterocycles. The van der Waals surface area contributed by atoms with Crippen molar-refractivity contribution in [1.29, 1.82) is 0 Å². The van der Waals surface area contributed by atoms with Gasteiger partial charge in [0.1, 0.15) is 6.04 Å². The van der Waals surface area contributed by atoms with E-state index in [2.05, 4.69) is 20.4 Å². The van der Waals surface area contributed by atoms with Gasteiger partial charge in [-0.3, -0.25) is 14.8 Å². The summed E-state index contributed by atoms with van der Waals surface area (Å²) in [6.07, 6.45) is 3.43. The number of pyridine rings is 2. The highest BCUT2D eigenvalue weighted by molar-refractivity contribution is 8.14. The number of rotatable bonds is 5. The molecule has 0 saturated heterocycles. The first-order valence-electron chi connectivity index (χ1n) is 10.4. The molecule has 1 N–H and O–H groups in total. The Morgan fingerprint density at radius 2 is 2.00 bits per heavy atom. The SMILES string of the molecule is Cc1ccc2cc(C)c3nn(CCNC(=O)[C@H]4CSC(c5ccncc5)=N4)c(=O)n3c2c1. The molecule has 4 heterocycles. The van der Waals surface area contributed by atoms with Crippen LogP contribution in [0.3, 0.4) is 0 Å². The van der Waals surface area contributed by atoms with Crippen LogP contribution in [0.2, 0.25) is 0 Å². The second kappa shape index (κ2) is 8.23. The first-order chi connectivity index (χ1) is 15.5. The third-order valence-corrected chi connectivity index (χ3v) is 6.59. The summed E-state index contributed by atoms with van der Waals surface area (Å²) in [5, 5.41) is 9.26. The van der Waals surface area contributed by atoms with E-state index in [4.69, 9.17) is 0 Å². The van der Waals surface area contributed by atoms with Gasteiger partial charge in [-0.25, -0.2) is 13.9 Å². The molecular formula is C23H22N6O2S. The maximum absolute atomic E-state index is 13.1. The zero-order chi connectivity index (χ0) is 22.2. The summed E-state index contributed by atoms with van der Waals surface area (Å²) in [7, 11) is 0. The summed E-state index contributed by atoms with van der Waals surface area (Å²) < 4.78 is 3.07. The maximum Gasteiger partial charge on any atom is 0.350 e. The van der Waals surface area contributed by atoms with Gasteiger partial charge < -0.3 is 5.32 Å². The molecular weight excluding hydrogens is 424 g/mol. The average molecular weight is 447 g/mol. The van der Waals surface area contributed by atoms with E-state index in [1.807, 2.05) is 50.2 Å². The molecule has 9 heteroatoms. The van der Waals surface area contributed by atoms with E-state index in [1.54, 1.807) is 28.6 Å². The molecule has 0 bridgehead atoms. The molecule has 8 nitrogen and oxygen atoms in total. The summed E-state index contributed by atoms with van der Waals surface area (Å²) >= 11 is 1.56. The molecule has 0 unspecified atom stereocenters. The molecule has 0 aliphatic carbocycles. The van der Waals surface area contributed by atoms with Crippen LogP contribution in [-0.4, -0.2) is 48.5 Å². The van der Waals surface area contributed by atoms with Crippen LogP contribution < -0.4 is 11.0 Å². The van der Waals surface area contributed by atoms with Gasteiger partial charge in [-0.15, -0.1) is 16.9 Å². The predicted octanol–water partition coefficient (Wildman–Crippen LogP) is 2.34. The lowest BCUT2D eigenvalue weighted by Gasteiger charge is -2.07. The second-order valence-electron chi connectivity index (χ2n) is 7.84. The van der Waals surface area contributed by atoms with Gasteiger partial charge in [-0.1, -0.05) is 12.1 Å². The van der Waals surface area contributed by atoms with Gasteiger partial charge in [0.2, 0.25) is 5.91 Å². The summed E-state index contributed by atoms with van der Waals surface area (Å²) in [6.45, 7) is 4.54. The Bertz CT molecular complexity index is 1420. The van der Waals surface area contributed by atoms with Crippen molar-refractivity contribution in [3.63, 3.8) is 0 Å². The third kappa shape index (κ3) is 3.69. The molecule has 1 aliphatic heterocycles. The van der Waals surface area contributed by atoms with Gasteiger partial charge in [0.05, 0.1) is 17.1 Å². The Morgan fingerprint density at radius 1 is 1.19 bits per heavy atom. The molecule has 0 radical (unpaired) electrons. The van der Waals surface area contributed by atoms with Gasteiger partial charge in [0, 0.05) is 30.3 Å². The second-order valence-corrected chi connectivity index (χ2v) is 8.85. The van der Waals surface area contributed by atoms with E-state index in [9.17, 15) is 9.59 Å². The number of fused-ring (bicyclic) bond motifs is 3. The van der Waals surface area contributed by atoms with E-state index in [-0.39, 0.29) is 11.6 Å². The monoisotopic (exact) mass is 446 g/mol. The zero-order valence-electron chi connectivity index (χ0n) is 17.8. The van der Waals surface area contributed by atoms with Crippen LogP contribution in [0.5, 0.6) is 0 Å². The lowest BCUT2D eigenvalue weighted by molar-refractivity contribution is -0.121. The number of thioether (sulfide) groups is 1. The lowest BCUT2D eigenvalue weighted by Crippen LogP contribution is -2.37. The Morgan fingerprint density at radius 3 is 2.81 bits per heavy atom. The Labute approximate surface area is 188 Å². The molecule has 1 amide bonds. The number of carbonyl (C=O) groups is 1.